The van der Waals surface area contributed by atoms with Crippen LogP contribution in [0, 0.1) is 4.77 Å². The van der Waals surface area contributed by atoms with E-state index < -0.39 is 6.04 Å². The van der Waals surface area contributed by atoms with Gasteiger partial charge in [0, 0.05) is 30.3 Å². The summed E-state index contributed by atoms with van der Waals surface area (Å²) in [5, 5.41) is 15.3. The van der Waals surface area contributed by atoms with E-state index in [9.17, 15) is 9.90 Å². The van der Waals surface area contributed by atoms with Gasteiger partial charge in [0.2, 0.25) is 5.88 Å². The number of fused-ring (bicyclic) bond motifs is 3. The number of nitrogens with zero attached hydrogens (tertiary/aromatic N) is 1. The highest BCUT2D eigenvalue weighted by atomic mass is 32.1. The van der Waals surface area contributed by atoms with Crippen molar-refractivity contribution in [3.63, 3.8) is 0 Å². The summed E-state index contributed by atoms with van der Waals surface area (Å²) in [6.45, 7) is 1.45. The molecule has 1 aliphatic rings. The molecule has 1 aromatic carbocycles. The molecule has 0 saturated heterocycles. The molecule has 4 rings (SSSR count). The Morgan fingerprint density at radius 2 is 2.15 bits per heavy atom. The fourth-order valence-corrected chi connectivity index (χ4v) is 3.92. The van der Waals surface area contributed by atoms with Crippen LogP contribution < -0.4 is 10.9 Å². The van der Waals surface area contributed by atoms with Crippen LogP contribution in [0.3, 0.4) is 0 Å². The van der Waals surface area contributed by atoms with E-state index in [0.29, 0.717) is 19.7 Å². The third-order valence-electron chi connectivity index (χ3n) is 4.87. The third-order valence-corrected chi connectivity index (χ3v) is 5.20. The maximum absolute atomic E-state index is 12.6. The lowest BCUT2D eigenvalue weighted by Gasteiger charge is -2.25. The van der Waals surface area contributed by atoms with E-state index in [1.165, 1.54) is 10.1 Å². The van der Waals surface area contributed by atoms with Gasteiger partial charge in [-0.25, -0.2) is 0 Å². The zero-order valence-corrected chi connectivity index (χ0v) is 15.2. The Kier molecular flexibility index (Phi) is 4.39. The van der Waals surface area contributed by atoms with E-state index in [0.717, 1.165) is 23.0 Å². The summed E-state index contributed by atoms with van der Waals surface area (Å²) in [6, 6.07) is 7.63. The molecular formula is C18H20N4O3S. The van der Waals surface area contributed by atoms with Gasteiger partial charge in [-0.3, -0.25) is 14.3 Å². The van der Waals surface area contributed by atoms with Crippen LogP contribution in [0.2, 0.25) is 0 Å². The molecule has 8 heteroatoms. The molecule has 0 aliphatic carbocycles. The van der Waals surface area contributed by atoms with Crippen molar-refractivity contribution < 1.29 is 9.84 Å². The highest BCUT2D eigenvalue weighted by Crippen LogP contribution is 2.34. The average molecular weight is 372 g/mol. The number of hydrogen-bond donors (Lipinski definition) is 4. The van der Waals surface area contributed by atoms with Gasteiger partial charge in [0.25, 0.3) is 5.56 Å². The fraction of sp³-hybridized carbons (Fsp3) is 0.333. The lowest BCUT2D eigenvalue weighted by molar-refractivity contribution is 0.182. The number of aromatic hydroxyl groups is 1. The highest BCUT2D eigenvalue weighted by molar-refractivity contribution is 7.71. The summed E-state index contributed by atoms with van der Waals surface area (Å²) in [5.74, 6) is -0.125. The number of rotatable bonds is 4. The minimum absolute atomic E-state index is 0.125. The number of methoxy groups -OCH3 is 1. The number of aromatic amines is 2. The summed E-state index contributed by atoms with van der Waals surface area (Å²) in [5.41, 5.74) is 2.99. The van der Waals surface area contributed by atoms with Crippen LogP contribution in [0.5, 0.6) is 5.88 Å². The van der Waals surface area contributed by atoms with Gasteiger partial charge in [0.15, 0.2) is 4.77 Å². The molecule has 3 heterocycles. The van der Waals surface area contributed by atoms with E-state index >= 15 is 0 Å². The maximum atomic E-state index is 12.6. The van der Waals surface area contributed by atoms with E-state index in [2.05, 4.69) is 21.4 Å². The Morgan fingerprint density at radius 3 is 2.96 bits per heavy atom. The normalized spacial score (nSPS) is 16.7. The van der Waals surface area contributed by atoms with Gasteiger partial charge in [-0.05, 0) is 30.3 Å². The first-order chi connectivity index (χ1) is 12.6. The van der Waals surface area contributed by atoms with Crippen LogP contribution in [-0.4, -0.2) is 39.9 Å². The lowest BCUT2D eigenvalue weighted by Crippen LogP contribution is -2.35. The summed E-state index contributed by atoms with van der Waals surface area (Å²) in [7, 11) is 1.58. The van der Waals surface area contributed by atoms with Gasteiger partial charge in [-0.15, -0.1) is 0 Å². The van der Waals surface area contributed by atoms with E-state index in [1.54, 1.807) is 7.11 Å². The predicted molar refractivity (Wildman–Crippen MR) is 101 cm³/mol. The third kappa shape index (κ3) is 2.66. The molecule has 1 atom stereocenters. The second-order valence-electron chi connectivity index (χ2n) is 6.34. The Hall–Kier alpha value is -2.42. The average Bonchev–Trinajstić information content (AvgIpc) is 3.01. The highest BCUT2D eigenvalue weighted by Gasteiger charge is 2.30. The van der Waals surface area contributed by atoms with Crippen molar-refractivity contribution in [2.24, 2.45) is 0 Å². The molecule has 4 N–H and O–H groups in total. The zero-order chi connectivity index (χ0) is 18.3. The first-order valence-corrected chi connectivity index (χ1v) is 8.90. The molecule has 0 amide bonds. The number of nitrogens with one attached hydrogen (secondary N) is 3. The number of para-hydroxylation sites is 1. The molecule has 1 aliphatic heterocycles. The van der Waals surface area contributed by atoms with Crippen molar-refractivity contribution >= 4 is 23.1 Å². The van der Waals surface area contributed by atoms with Gasteiger partial charge < -0.3 is 20.1 Å². The van der Waals surface area contributed by atoms with E-state index in [4.69, 9.17) is 17.0 Å². The number of aromatic nitrogens is 3. The van der Waals surface area contributed by atoms with Crippen LogP contribution in [-0.2, 0) is 17.7 Å². The van der Waals surface area contributed by atoms with Gasteiger partial charge in [0.1, 0.15) is 5.56 Å². The second-order valence-corrected chi connectivity index (χ2v) is 6.73. The molecule has 0 spiro atoms. The van der Waals surface area contributed by atoms with E-state index in [-0.39, 0.29) is 21.8 Å². The summed E-state index contributed by atoms with van der Waals surface area (Å²) in [4.78, 5) is 18.7. The van der Waals surface area contributed by atoms with Gasteiger partial charge in [-0.2, -0.15) is 0 Å². The zero-order valence-electron chi connectivity index (χ0n) is 14.3. The lowest BCUT2D eigenvalue weighted by atomic mass is 9.95. The first-order valence-electron chi connectivity index (χ1n) is 8.49. The molecule has 7 nitrogen and oxygen atoms in total. The number of hydrogen-bond acceptors (Lipinski definition) is 5. The van der Waals surface area contributed by atoms with Crippen molar-refractivity contribution in [1.29, 1.82) is 0 Å². The summed E-state index contributed by atoms with van der Waals surface area (Å²) in [6.07, 6.45) is 0.858. The molecular weight excluding hydrogens is 352 g/mol. The Balaban J connectivity index is 1.90. The molecule has 0 bridgehead atoms. The minimum Gasteiger partial charge on any atom is -0.494 e. The summed E-state index contributed by atoms with van der Waals surface area (Å²) >= 11 is 5.20. The Labute approximate surface area is 154 Å². The standard InChI is InChI=1S/C18H20N4O3S/c1-25-9-8-22-17(24)13(16(23)21-18(22)26)15-14-11(6-7-19-15)10-4-2-3-5-12(10)20-14/h2-5,15,19-20,24H,6-9H2,1H3,(H,21,23,26)/t15-/m0/s1. The van der Waals surface area contributed by atoms with Crippen molar-refractivity contribution in [3.8, 4) is 5.88 Å². The van der Waals surface area contributed by atoms with Crippen LogP contribution in [0.4, 0.5) is 0 Å². The molecule has 0 radical (unpaired) electrons. The predicted octanol–water partition coefficient (Wildman–Crippen LogP) is 1.97. The van der Waals surface area contributed by atoms with Crippen molar-refractivity contribution in [3.05, 3.63) is 56.2 Å². The summed E-state index contributed by atoms with van der Waals surface area (Å²) < 4.78 is 6.75. The van der Waals surface area contributed by atoms with Crippen LogP contribution >= 0.6 is 12.2 Å². The molecule has 136 valence electrons. The van der Waals surface area contributed by atoms with Crippen LogP contribution in [0.15, 0.2) is 29.1 Å². The Morgan fingerprint density at radius 1 is 1.35 bits per heavy atom. The van der Waals surface area contributed by atoms with Crippen molar-refractivity contribution in [2.75, 3.05) is 20.3 Å². The number of H-pyrrole nitrogens is 2. The molecule has 0 fully saturated rings. The SMILES string of the molecule is COCCn1c(O)c([C@@H]2NCCc3c2[nH]c2ccccc32)c(=O)[nH]c1=S. The molecule has 2 aromatic heterocycles. The van der Waals surface area contributed by atoms with Crippen molar-refractivity contribution in [1.82, 2.24) is 19.9 Å². The van der Waals surface area contributed by atoms with Gasteiger partial charge in [0.05, 0.1) is 19.2 Å². The molecule has 26 heavy (non-hydrogen) atoms. The van der Waals surface area contributed by atoms with Crippen molar-refractivity contribution in [2.45, 2.75) is 19.0 Å². The topological polar surface area (TPSA) is 95.1 Å². The second kappa shape index (κ2) is 6.71. The first kappa shape index (κ1) is 17.0. The van der Waals surface area contributed by atoms with E-state index in [1.807, 2.05) is 18.2 Å². The maximum Gasteiger partial charge on any atom is 0.260 e. The molecule has 0 saturated carbocycles. The minimum atomic E-state index is -0.431. The van der Waals surface area contributed by atoms with Gasteiger partial charge >= 0.3 is 0 Å². The van der Waals surface area contributed by atoms with Gasteiger partial charge in [-0.1, -0.05) is 18.2 Å². The monoisotopic (exact) mass is 372 g/mol. The Bertz CT molecular complexity index is 1080. The smallest absolute Gasteiger partial charge is 0.260 e. The molecule has 0 unspecified atom stereocenters. The van der Waals surface area contributed by atoms with Crippen LogP contribution in [0.25, 0.3) is 10.9 Å². The quantitative estimate of drug-likeness (QED) is 0.525. The largest absolute Gasteiger partial charge is 0.494 e. The number of benzene rings is 1. The fourth-order valence-electron chi connectivity index (χ4n) is 3.65. The number of ether oxygens (including phenoxy) is 1. The van der Waals surface area contributed by atoms with Crippen LogP contribution in [0.1, 0.15) is 22.9 Å². The molecule has 3 aromatic rings.